The molecule has 0 aromatic carbocycles. The first-order valence-corrected chi connectivity index (χ1v) is 8.55. The van der Waals surface area contributed by atoms with Crippen molar-refractivity contribution in [2.24, 2.45) is 10.9 Å². The van der Waals surface area contributed by atoms with Gasteiger partial charge in [0.2, 0.25) is 0 Å². The van der Waals surface area contributed by atoms with E-state index in [1.165, 1.54) is 45.6 Å². The molecular weight excluding hydrogens is 389 g/mol. The summed E-state index contributed by atoms with van der Waals surface area (Å²) < 4.78 is 0. The fraction of sp³-hybridized carbons (Fsp3) is 0.938. The molecule has 1 saturated heterocycles. The largest absolute Gasteiger partial charge is 0.357 e. The minimum Gasteiger partial charge on any atom is -0.357 e. The van der Waals surface area contributed by atoms with E-state index in [2.05, 4.69) is 53.2 Å². The first kappa shape index (κ1) is 21.9. The van der Waals surface area contributed by atoms with Crippen LogP contribution in [0.15, 0.2) is 4.99 Å². The van der Waals surface area contributed by atoms with Gasteiger partial charge in [-0.05, 0) is 52.4 Å². The molecule has 0 radical (unpaired) electrons. The molecule has 0 atom stereocenters. The number of nitrogens with zero attached hydrogens (tertiary/aromatic N) is 3. The second-order valence-electron chi connectivity index (χ2n) is 6.39. The van der Waals surface area contributed by atoms with Gasteiger partial charge in [-0.2, -0.15) is 0 Å². The van der Waals surface area contributed by atoms with Crippen LogP contribution in [0.5, 0.6) is 0 Å². The van der Waals surface area contributed by atoms with Crippen LogP contribution in [0.2, 0.25) is 0 Å². The Labute approximate surface area is 154 Å². The number of nitrogens with one attached hydrogen (secondary N) is 2. The summed E-state index contributed by atoms with van der Waals surface area (Å²) in [5.41, 5.74) is 0. The minimum atomic E-state index is 0. The maximum atomic E-state index is 4.60. The van der Waals surface area contributed by atoms with Crippen LogP contribution in [0.1, 0.15) is 33.6 Å². The Hall–Kier alpha value is -0.0800. The van der Waals surface area contributed by atoms with Gasteiger partial charge in [-0.15, -0.1) is 24.0 Å². The summed E-state index contributed by atoms with van der Waals surface area (Å²) in [6.07, 6.45) is 2.47. The highest BCUT2D eigenvalue weighted by Crippen LogP contribution is 2.01. The van der Waals surface area contributed by atoms with E-state index in [0.29, 0.717) is 5.92 Å². The molecule has 0 aromatic rings. The van der Waals surface area contributed by atoms with Crippen molar-refractivity contribution in [1.29, 1.82) is 0 Å². The van der Waals surface area contributed by atoms with Crippen LogP contribution in [-0.2, 0) is 0 Å². The number of likely N-dealkylation sites (N-methyl/N-ethyl adjacent to an activating group) is 1. The molecule has 0 bridgehead atoms. The molecule has 1 rings (SSSR count). The smallest absolute Gasteiger partial charge is 0.191 e. The lowest BCUT2D eigenvalue weighted by atomic mass is 10.2. The molecule has 0 spiro atoms. The molecule has 0 unspecified atom stereocenters. The third-order valence-corrected chi connectivity index (χ3v) is 3.71. The van der Waals surface area contributed by atoms with Crippen molar-refractivity contribution >= 4 is 29.9 Å². The third-order valence-electron chi connectivity index (χ3n) is 3.71. The highest BCUT2D eigenvalue weighted by molar-refractivity contribution is 14.0. The van der Waals surface area contributed by atoms with Gasteiger partial charge in [0.1, 0.15) is 0 Å². The van der Waals surface area contributed by atoms with Crippen LogP contribution >= 0.6 is 24.0 Å². The van der Waals surface area contributed by atoms with Crippen LogP contribution in [0.4, 0.5) is 0 Å². The molecule has 0 aliphatic carbocycles. The number of aliphatic imine (C=N–C) groups is 1. The number of rotatable bonds is 7. The zero-order valence-electron chi connectivity index (χ0n) is 14.9. The maximum Gasteiger partial charge on any atom is 0.191 e. The average Bonchev–Trinajstić information content (AvgIpc) is 2.65. The summed E-state index contributed by atoms with van der Waals surface area (Å²) in [6, 6.07) is 0. The Balaban J connectivity index is 0.00000441. The van der Waals surface area contributed by atoms with Gasteiger partial charge in [-0.25, -0.2) is 0 Å². The van der Waals surface area contributed by atoms with Crippen molar-refractivity contribution in [3.05, 3.63) is 0 Å². The van der Waals surface area contributed by atoms with Gasteiger partial charge in [0.05, 0.1) is 0 Å². The van der Waals surface area contributed by atoms with E-state index in [0.717, 1.165) is 25.6 Å². The summed E-state index contributed by atoms with van der Waals surface area (Å²) in [5, 5.41) is 6.75. The minimum absolute atomic E-state index is 0. The van der Waals surface area contributed by atoms with E-state index in [1.807, 2.05) is 0 Å². The summed E-state index contributed by atoms with van der Waals surface area (Å²) in [6.45, 7) is 15.4. The molecule has 0 aromatic heterocycles. The number of halogens is 1. The van der Waals surface area contributed by atoms with Gasteiger partial charge in [0, 0.05) is 32.7 Å². The van der Waals surface area contributed by atoms with E-state index in [4.69, 9.17) is 0 Å². The van der Waals surface area contributed by atoms with E-state index in [1.54, 1.807) is 0 Å². The lowest BCUT2D eigenvalue weighted by Crippen LogP contribution is -2.39. The van der Waals surface area contributed by atoms with E-state index >= 15 is 0 Å². The van der Waals surface area contributed by atoms with Crippen LogP contribution in [0.25, 0.3) is 0 Å². The zero-order chi connectivity index (χ0) is 15.5. The van der Waals surface area contributed by atoms with Crippen molar-refractivity contribution in [1.82, 2.24) is 20.4 Å². The van der Waals surface area contributed by atoms with Crippen molar-refractivity contribution in [2.75, 3.05) is 59.4 Å². The second-order valence-corrected chi connectivity index (χ2v) is 6.39. The van der Waals surface area contributed by atoms with Gasteiger partial charge < -0.3 is 20.4 Å². The predicted octanol–water partition coefficient (Wildman–Crippen LogP) is 1.84. The molecule has 1 aliphatic heterocycles. The SMILES string of the molecule is CCNC(=NCC(C)C)NCCCN1CCCN(C)CC1.I. The average molecular weight is 425 g/mol. The number of hydrogen-bond donors (Lipinski definition) is 2. The normalized spacial score (nSPS) is 18.0. The van der Waals surface area contributed by atoms with Gasteiger partial charge in [-0.3, -0.25) is 4.99 Å². The summed E-state index contributed by atoms with van der Waals surface area (Å²) in [7, 11) is 2.22. The van der Waals surface area contributed by atoms with E-state index < -0.39 is 0 Å². The van der Waals surface area contributed by atoms with E-state index in [9.17, 15) is 0 Å². The number of hydrogen-bond acceptors (Lipinski definition) is 3. The first-order chi connectivity index (χ1) is 10.1. The Kier molecular flexibility index (Phi) is 13.3. The Morgan fingerprint density at radius 2 is 1.91 bits per heavy atom. The second kappa shape index (κ2) is 13.4. The molecule has 22 heavy (non-hydrogen) atoms. The highest BCUT2D eigenvalue weighted by atomic mass is 127. The van der Waals surface area contributed by atoms with Crippen LogP contribution in [-0.4, -0.2) is 75.2 Å². The van der Waals surface area contributed by atoms with E-state index in [-0.39, 0.29) is 24.0 Å². The molecule has 0 amide bonds. The van der Waals surface area contributed by atoms with Crippen LogP contribution in [0, 0.1) is 5.92 Å². The van der Waals surface area contributed by atoms with Gasteiger partial charge >= 0.3 is 0 Å². The van der Waals surface area contributed by atoms with Gasteiger partial charge in [-0.1, -0.05) is 13.8 Å². The Morgan fingerprint density at radius 1 is 1.14 bits per heavy atom. The quantitative estimate of drug-likeness (QED) is 0.283. The monoisotopic (exact) mass is 425 g/mol. The first-order valence-electron chi connectivity index (χ1n) is 8.55. The molecular formula is C16H36IN5. The lowest BCUT2D eigenvalue weighted by Gasteiger charge is -2.20. The van der Waals surface area contributed by atoms with Crippen molar-refractivity contribution in [2.45, 2.75) is 33.6 Å². The highest BCUT2D eigenvalue weighted by Gasteiger charge is 2.11. The summed E-state index contributed by atoms with van der Waals surface area (Å²) in [5.74, 6) is 1.57. The lowest BCUT2D eigenvalue weighted by molar-refractivity contribution is 0.274. The molecule has 6 heteroatoms. The summed E-state index contributed by atoms with van der Waals surface area (Å²) in [4.78, 5) is 9.61. The third kappa shape index (κ3) is 10.6. The van der Waals surface area contributed by atoms with Crippen molar-refractivity contribution in [3.8, 4) is 0 Å². The zero-order valence-corrected chi connectivity index (χ0v) is 17.2. The molecule has 2 N–H and O–H groups in total. The van der Waals surface area contributed by atoms with Crippen molar-refractivity contribution < 1.29 is 0 Å². The molecule has 132 valence electrons. The van der Waals surface area contributed by atoms with Crippen LogP contribution < -0.4 is 10.6 Å². The maximum absolute atomic E-state index is 4.60. The fourth-order valence-electron chi connectivity index (χ4n) is 2.45. The molecule has 1 aliphatic rings. The molecule has 1 heterocycles. The van der Waals surface area contributed by atoms with Gasteiger partial charge in [0.25, 0.3) is 0 Å². The van der Waals surface area contributed by atoms with Gasteiger partial charge in [0.15, 0.2) is 5.96 Å². The fourth-order valence-corrected chi connectivity index (χ4v) is 2.45. The Morgan fingerprint density at radius 3 is 2.59 bits per heavy atom. The Bertz CT molecular complexity index is 296. The van der Waals surface area contributed by atoms with Crippen LogP contribution in [0.3, 0.4) is 0 Å². The summed E-state index contributed by atoms with van der Waals surface area (Å²) >= 11 is 0. The number of guanidine groups is 1. The topological polar surface area (TPSA) is 42.9 Å². The standard InChI is InChI=1S/C16H35N5.HI/c1-5-17-16(19-14-15(2)3)18-8-6-10-21-11-7-9-20(4)12-13-21;/h15H,5-14H2,1-4H3,(H2,17,18,19);1H. The molecule has 0 saturated carbocycles. The van der Waals surface area contributed by atoms with Crippen molar-refractivity contribution in [3.63, 3.8) is 0 Å². The molecule has 1 fully saturated rings. The predicted molar refractivity (Wildman–Crippen MR) is 107 cm³/mol. The molecule has 5 nitrogen and oxygen atoms in total.